The molecule has 0 amide bonds. The monoisotopic (exact) mass is 457 g/mol. The summed E-state index contributed by atoms with van der Waals surface area (Å²) in [6, 6.07) is 22.4. The molecule has 1 saturated heterocycles. The lowest BCUT2D eigenvalue weighted by atomic mass is 10.0. The molecule has 2 atom stereocenters. The lowest BCUT2D eigenvalue weighted by Crippen LogP contribution is -2.30. The Labute approximate surface area is 194 Å². The normalized spacial score (nSPS) is 17.7. The Bertz CT molecular complexity index is 1320. The van der Waals surface area contributed by atoms with Crippen molar-refractivity contribution in [2.24, 2.45) is 0 Å². The number of nitrogens with one attached hydrogen (secondary N) is 1. The van der Waals surface area contributed by atoms with Crippen LogP contribution in [0.4, 0.5) is 11.4 Å². The minimum Gasteiger partial charge on any atom is -0.508 e. The maximum Gasteiger partial charge on any atom is 0.271 e. The number of thiocarbonyl (C=S) groups is 1. The summed E-state index contributed by atoms with van der Waals surface area (Å²) < 4.78 is 1.93. The molecule has 1 fully saturated rings. The predicted octanol–water partition coefficient (Wildman–Crippen LogP) is 4.66. The second kappa shape index (κ2) is 8.36. The Hall–Kier alpha value is -4.24. The van der Waals surface area contributed by atoms with Crippen molar-refractivity contribution < 1.29 is 10.0 Å². The molecule has 0 radical (unpaired) electrons. The molecule has 3 heterocycles. The average molecular weight is 458 g/mol. The number of pyridine rings is 1. The summed E-state index contributed by atoms with van der Waals surface area (Å²) in [6.45, 7) is 0. The van der Waals surface area contributed by atoms with Crippen molar-refractivity contribution in [3.8, 4) is 11.4 Å². The van der Waals surface area contributed by atoms with Gasteiger partial charge in [0.25, 0.3) is 5.69 Å². The van der Waals surface area contributed by atoms with E-state index in [0.29, 0.717) is 10.8 Å². The number of phenolic OH excluding ortho intramolecular Hbond substituents is 1. The van der Waals surface area contributed by atoms with Crippen LogP contribution in [0.1, 0.15) is 23.5 Å². The van der Waals surface area contributed by atoms with Crippen LogP contribution >= 0.6 is 12.2 Å². The molecular formula is C24H19N5O3S. The number of nitro groups is 1. The third-order valence-corrected chi connectivity index (χ3v) is 5.94. The first-order valence-corrected chi connectivity index (χ1v) is 10.7. The van der Waals surface area contributed by atoms with Crippen molar-refractivity contribution in [2.45, 2.75) is 12.1 Å². The zero-order valence-corrected chi connectivity index (χ0v) is 18.1. The van der Waals surface area contributed by atoms with Gasteiger partial charge in [-0.3, -0.25) is 15.1 Å². The highest BCUT2D eigenvalue weighted by atomic mass is 32.1. The number of non-ortho nitro benzene ring substituents is 1. The Morgan fingerprint density at radius 3 is 2.55 bits per heavy atom. The van der Waals surface area contributed by atoms with Crippen LogP contribution in [0.5, 0.6) is 5.75 Å². The predicted molar refractivity (Wildman–Crippen MR) is 128 cm³/mol. The first-order chi connectivity index (χ1) is 16.0. The number of hydrogen-bond acceptors (Lipinski definition) is 5. The fourth-order valence-corrected chi connectivity index (χ4v) is 4.52. The van der Waals surface area contributed by atoms with Crippen LogP contribution in [0.25, 0.3) is 5.69 Å². The van der Waals surface area contributed by atoms with E-state index in [2.05, 4.69) is 10.3 Å². The summed E-state index contributed by atoms with van der Waals surface area (Å²) in [4.78, 5) is 17.5. The van der Waals surface area contributed by atoms with E-state index in [-0.39, 0.29) is 23.5 Å². The molecule has 5 rings (SSSR count). The number of nitro benzene ring substituents is 1. The Morgan fingerprint density at radius 2 is 1.82 bits per heavy atom. The molecule has 33 heavy (non-hydrogen) atoms. The van der Waals surface area contributed by atoms with Gasteiger partial charge in [-0.1, -0.05) is 12.1 Å². The third-order valence-electron chi connectivity index (χ3n) is 5.63. The van der Waals surface area contributed by atoms with Crippen LogP contribution in [-0.2, 0) is 0 Å². The SMILES string of the molecule is O=[N+]([O-])c1cccc(-n2cccc2[C@@H]2[C@@H](c3ccccn3)NC(=S)N2c2ccc(O)cc2)c1. The minimum atomic E-state index is -0.404. The molecule has 0 aliphatic carbocycles. The van der Waals surface area contributed by atoms with Crippen molar-refractivity contribution in [1.82, 2.24) is 14.9 Å². The molecule has 2 N–H and O–H groups in total. The molecule has 2 aromatic heterocycles. The van der Waals surface area contributed by atoms with Gasteiger partial charge in [0.1, 0.15) is 11.8 Å². The Kier molecular flexibility index (Phi) is 5.23. The summed E-state index contributed by atoms with van der Waals surface area (Å²) in [6.07, 6.45) is 3.61. The van der Waals surface area contributed by atoms with Gasteiger partial charge in [-0.15, -0.1) is 0 Å². The topological polar surface area (TPSA) is 96.5 Å². The zero-order chi connectivity index (χ0) is 22.9. The number of phenols is 1. The van der Waals surface area contributed by atoms with Crippen LogP contribution in [0.3, 0.4) is 0 Å². The fraction of sp³-hybridized carbons (Fsp3) is 0.0833. The van der Waals surface area contributed by atoms with Crippen molar-refractivity contribution in [3.05, 3.63) is 113 Å². The van der Waals surface area contributed by atoms with Crippen LogP contribution < -0.4 is 10.2 Å². The number of aromatic hydroxyl groups is 1. The van der Waals surface area contributed by atoms with Crippen molar-refractivity contribution >= 4 is 28.7 Å². The average Bonchev–Trinajstić information content (AvgIpc) is 3.44. The molecule has 164 valence electrons. The highest BCUT2D eigenvalue weighted by Gasteiger charge is 2.42. The van der Waals surface area contributed by atoms with Gasteiger partial charge in [-0.25, -0.2) is 0 Å². The van der Waals surface area contributed by atoms with Gasteiger partial charge in [-0.2, -0.15) is 0 Å². The number of hydrogen-bond donors (Lipinski definition) is 2. The largest absolute Gasteiger partial charge is 0.508 e. The number of aromatic nitrogens is 2. The molecular weight excluding hydrogens is 438 g/mol. The quantitative estimate of drug-likeness (QED) is 0.256. The van der Waals surface area contributed by atoms with E-state index in [1.165, 1.54) is 6.07 Å². The molecule has 0 saturated carbocycles. The molecule has 1 aliphatic rings. The maximum absolute atomic E-state index is 11.3. The summed E-state index contributed by atoms with van der Waals surface area (Å²) in [5, 5.41) is 25.0. The number of anilines is 1. The number of nitrogens with zero attached hydrogens (tertiary/aromatic N) is 4. The van der Waals surface area contributed by atoms with E-state index in [9.17, 15) is 15.2 Å². The highest BCUT2D eigenvalue weighted by molar-refractivity contribution is 7.80. The van der Waals surface area contributed by atoms with Crippen LogP contribution in [0, 0.1) is 10.1 Å². The molecule has 4 aromatic rings. The smallest absolute Gasteiger partial charge is 0.271 e. The molecule has 1 aliphatic heterocycles. The van der Waals surface area contributed by atoms with Crippen molar-refractivity contribution in [2.75, 3.05) is 4.90 Å². The summed E-state index contributed by atoms with van der Waals surface area (Å²) in [7, 11) is 0. The van der Waals surface area contributed by atoms with Crippen LogP contribution in [-0.4, -0.2) is 24.7 Å². The van der Waals surface area contributed by atoms with E-state index in [0.717, 1.165) is 17.1 Å². The highest BCUT2D eigenvalue weighted by Crippen LogP contribution is 2.42. The molecule has 9 heteroatoms. The standard InChI is InChI=1S/C24H19N5O3S/c30-19-11-9-16(10-12-19)28-23(22(26-24(28)33)20-7-1-2-13-25-20)21-8-4-14-27(21)17-5-3-6-18(15-17)29(31)32/h1-15,22-23,30H,(H,26,33)/t22-,23-/m1/s1. The fourth-order valence-electron chi connectivity index (χ4n) is 4.17. The van der Waals surface area contributed by atoms with Gasteiger partial charge < -0.3 is 19.9 Å². The van der Waals surface area contributed by atoms with Gasteiger partial charge in [0.2, 0.25) is 0 Å². The van der Waals surface area contributed by atoms with Gasteiger partial charge in [0.05, 0.1) is 22.3 Å². The van der Waals surface area contributed by atoms with Crippen LogP contribution in [0.2, 0.25) is 0 Å². The van der Waals surface area contributed by atoms with E-state index < -0.39 is 4.92 Å². The van der Waals surface area contributed by atoms with Gasteiger partial charge in [-0.05, 0) is 66.8 Å². The maximum atomic E-state index is 11.3. The van der Waals surface area contributed by atoms with Gasteiger partial charge in [0.15, 0.2) is 5.11 Å². The van der Waals surface area contributed by atoms with E-state index in [1.807, 2.05) is 52.1 Å². The molecule has 0 bridgehead atoms. The summed E-state index contributed by atoms with van der Waals surface area (Å²) >= 11 is 5.72. The molecule has 0 unspecified atom stereocenters. The lowest BCUT2D eigenvalue weighted by molar-refractivity contribution is -0.384. The Morgan fingerprint density at radius 1 is 1.00 bits per heavy atom. The first kappa shape index (κ1) is 20.7. The third kappa shape index (κ3) is 3.79. The van der Waals surface area contributed by atoms with Gasteiger partial charge in [0, 0.05) is 35.9 Å². The molecule has 2 aromatic carbocycles. The van der Waals surface area contributed by atoms with Crippen LogP contribution in [0.15, 0.2) is 91.3 Å². The second-order valence-corrected chi connectivity index (χ2v) is 7.98. The van der Waals surface area contributed by atoms with E-state index in [1.54, 1.807) is 42.6 Å². The van der Waals surface area contributed by atoms with E-state index in [4.69, 9.17) is 12.2 Å². The first-order valence-electron chi connectivity index (χ1n) is 10.2. The summed E-state index contributed by atoms with van der Waals surface area (Å²) in [5.41, 5.74) is 3.20. The zero-order valence-electron chi connectivity index (χ0n) is 17.3. The van der Waals surface area contributed by atoms with E-state index >= 15 is 0 Å². The minimum absolute atomic E-state index is 0.0175. The Balaban J connectivity index is 1.66. The van der Waals surface area contributed by atoms with Crippen molar-refractivity contribution in [3.63, 3.8) is 0 Å². The summed E-state index contributed by atoms with van der Waals surface area (Å²) in [5.74, 6) is 0.162. The van der Waals surface area contributed by atoms with Gasteiger partial charge >= 0.3 is 0 Å². The molecule has 0 spiro atoms. The number of benzene rings is 2. The lowest BCUT2D eigenvalue weighted by Gasteiger charge is -2.29. The van der Waals surface area contributed by atoms with Crippen molar-refractivity contribution in [1.29, 1.82) is 0 Å². The molecule has 8 nitrogen and oxygen atoms in total. The second-order valence-electron chi connectivity index (χ2n) is 7.59. The number of rotatable bonds is 5.